The highest BCUT2D eigenvalue weighted by Crippen LogP contribution is 2.29. The molecular weight excluding hydrogens is 468 g/mol. The number of benzene rings is 1. The van der Waals surface area contributed by atoms with E-state index in [1.54, 1.807) is 7.05 Å². The van der Waals surface area contributed by atoms with Gasteiger partial charge < -0.3 is 5.32 Å². The van der Waals surface area contributed by atoms with Gasteiger partial charge in [-0.3, -0.25) is 24.3 Å². The number of carbonyl (C=O) groups is 1. The van der Waals surface area contributed by atoms with Crippen LogP contribution in [0.5, 0.6) is 0 Å². The van der Waals surface area contributed by atoms with Crippen LogP contribution >= 0.6 is 39.0 Å². The van der Waals surface area contributed by atoms with E-state index in [1.165, 1.54) is 34.1 Å². The molecule has 146 valence electrons. The minimum Gasteiger partial charge on any atom is -0.324 e. The molecular formula is C17H15BrN4O4S2. The number of nitrogens with one attached hydrogen (secondary N) is 1. The summed E-state index contributed by atoms with van der Waals surface area (Å²) in [6.07, 6.45) is 0. The van der Waals surface area contributed by atoms with E-state index in [0.717, 1.165) is 22.2 Å². The van der Waals surface area contributed by atoms with Crippen LogP contribution in [0, 0.1) is 24.0 Å². The normalized spacial score (nSPS) is 11.0. The largest absolute Gasteiger partial charge is 0.324 e. The third-order valence-electron chi connectivity index (χ3n) is 4.14. The van der Waals surface area contributed by atoms with Crippen molar-refractivity contribution in [2.75, 3.05) is 11.1 Å². The molecule has 1 aromatic carbocycles. The number of anilines is 1. The Morgan fingerprint density at radius 2 is 2.14 bits per heavy atom. The molecule has 3 aromatic rings. The number of hydrogen-bond acceptors (Lipinski definition) is 7. The Morgan fingerprint density at radius 3 is 2.79 bits per heavy atom. The second-order valence-corrected chi connectivity index (χ2v) is 8.98. The summed E-state index contributed by atoms with van der Waals surface area (Å²) in [5.41, 5.74) is 1.16. The molecule has 8 nitrogen and oxygen atoms in total. The van der Waals surface area contributed by atoms with Crippen LogP contribution in [0.25, 0.3) is 10.2 Å². The van der Waals surface area contributed by atoms with Gasteiger partial charge in [0.1, 0.15) is 4.83 Å². The van der Waals surface area contributed by atoms with Gasteiger partial charge in [-0.05, 0) is 41.4 Å². The summed E-state index contributed by atoms with van der Waals surface area (Å²) in [7, 11) is 1.63. The van der Waals surface area contributed by atoms with Crippen molar-refractivity contribution in [2.45, 2.75) is 19.0 Å². The molecule has 0 radical (unpaired) electrons. The quantitative estimate of drug-likeness (QED) is 0.254. The maximum atomic E-state index is 12.6. The number of thiophene rings is 1. The van der Waals surface area contributed by atoms with Gasteiger partial charge in [-0.2, -0.15) is 0 Å². The highest BCUT2D eigenvalue weighted by atomic mass is 79.9. The average Bonchev–Trinajstić information content (AvgIpc) is 2.92. The molecule has 11 heteroatoms. The molecule has 28 heavy (non-hydrogen) atoms. The topological polar surface area (TPSA) is 107 Å². The summed E-state index contributed by atoms with van der Waals surface area (Å²) in [4.78, 5) is 41.4. The molecule has 0 atom stereocenters. The van der Waals surface area contributed by atoms with Gasteiger partial charge in [0.25, 0.3) is 11.2 Å². The zero-order valence-corrected chi connectivity index (χ0v) is 18.3. The second kappa shape index (κ2) is 8.02. The molecule has 0 saturated carbocycles. The number of thioether (sulfide) groups is 1. The van der Waals surface area contributed by atoms with Crippen molar-refractivity contribution in [1.29, 1.82) is 0 Å². The van der Waals surface area contributed by atoms with Crippen molar-refractivity contribution in [3.63, 3.8) is 0 Å². The number of halogens is 1. The number of non-ortho nitro benzene ring substituents is 1. The Hall–Kier alpha value is -2.24. The van der Waals surface area contributed by atoms with Crippen LogP contribution in [0.1, 0.15) is 10.4 Å². The summed E-state index contributed by atoms with van der Waals surface area (Å²) >= 11 is 5.83. The summed E-state index contributed by atoms with van der Waals surface area (Å²) in [5, 5.41) is 14.5. The number of nitrogens with zero attached hydrogens (tertiary/aromatic N) is 3. The molecule has 2 heterocycles. The molecule has 0 saturated heterocycles. The van der Waals surface area contributed by atoms with Gasteiger partial charge in [0.2, 0.25) is 5.91 Å². The smallest absolute Gasteiger partial charge is 0.270 e. The zero-order chi connectivity index (χ0) is 20.6. The first-order valence-corrected chi connectivity index (χ1v) is 10.6. The minimum atomic E-state index is -0.511. The van der Waals surface area contributed by atoms with Crippen LogP contribution in [0.15, 0.2) is 32.6 Å². The van der Waals surface area contributed by atoms with E-state index in [1.807, 2.05) is 13.8 Å². The second-order valence-electron chi connectivity index (χ2n) is 5.98. The van der Waals surface area contributed by atoms with Gasteiger partial charge in [0.15, 0.2) is 5.16 Å². The Labute approximate surface area is 176 Å². The molecule has 3 rings (SSSR count). The molecule has 2 aromatic heterocycles. The molecule has 0 fully saturated rings. The predicted octanol–water partition coefficient (Wildman–Crippen LogP) is 4.01. The summed E-state index contributed by atoms with van der Waals surface area (Å²) < 4.78 is 1.86. The van der Waals surface area contributed by atoms with E-state index in [9.17, 15) is 19.7 Å². The molecule has 1 amide bonds. The van der Waals surface area contributed by atoms with Gasteiger partial charge in [-0.15, -0.1) is 11.3 Å². The van der Waals surface area contributed by atoms with Gasteiger partial charge >= 0.3 is 0 Å². The number of aromatic nitrogens is 2. The SMILES string of the molecule is Cc1sc2nc(SCC(=O)Nc3ccc([N+](=O)[O-])cc3Br)n(C)c(=O)c2c1C. The monoisotopic (exact) mass is 482 g/mol. The first-order valence-electron chi connectivity index (χ1n) is 8.02. The number of nitro groups is 1. The molecule has 1 N–H and O–H groups in total. The van der Waals surface area contributed by atoms with Crippen molar-refractivity contribution in [3.05, 3.63) is 53.6 Å². The summed E-state index contributed by atoms with van der Waals surface area (Å²) in [6, 6.07) is 4.10. The van der Waals surface area contributed by atoms with E-state index in [0.29, 0.717) is 25.5 Å². The molecule has 0 spiro atoms. The van der Waals surface area contributed by atoms with Gasteiger partial charge in [-0.25, -0.2) is 4.98 Å². The van der Waals surface area contributed by atoms with Crippen molar-refractivity contribution in [3.8, 4) is 0 Å². The third kappa shape index (κ3) is 3.96. The van der Waals surface area contributed by atoms with Crippen molar-refractivity contribution >= 4 is 66.5 Å². The Kier molecular flexibility index (Phi) is 5.87. The fraction of sp³-hybridized carbons (Fsp3) is 0.235. The molecule has 0 bridgehead atoms. The molecule has 0 aliphatic carbocycles. The van der Waals surface area contributed by atoms with Crippen LogP contribution in [-0.2, 0) is 11.8 Å². The van der Waals surface area contributed by atoms with E-state index in [2.05, 4.69) is 26.2 Å². The fourth-order valence-corrected chi connectivity index (χ4v) is 4.83. The fourth-order valence-electron chi connectivity index (χ4n) is 2.52. The highest BCUT2D eigenvalue weighted by molar-refractivity contribution is 9.10. The van der Waals surface area contributed by atoms with Crippen molar-refractivity contribution < 1.29 is 9.72 Å². The number of aryl methyl sites for hydroxylation is 2. The summed E-state index contributed by atoms with van der Waals surface area (Å²) in [6.45, 7) is 3.85. The third-order valence-corrected chi connectivity index (χ3v) is 6.93. The van der Waals surface area contributed by atoms with Crippen LogP contribution in [0.3, 0.4) is 0 Å². The maximum Gasteiger partial charge on any atom is 0.270 e. The standard InChI is InChI=1S/C17H15BrN4O4S2/c1-8-9(2)28-15-14(8)16(24)21(3)17(20-15)27-7-13(23)19-12-5-4-10(22(25)26)6-11(12)18/h4-6H,7H2,1-3H3,(H,19,23). The van der Waals surface area contributed by atoms with Gasteiger partial charge in [0, 0.05) is 28.5 Å². The molecule has 0 unspecified atom stereocenters. The lowest BCUT2D eigenvalue weighted by atomic mass is 10.2. The lowest BCUT2D eigenvalue weighted by molar-refractivity contribution is -0.384. The number of hydrogen-bond donors (Lipinski definition) is 1. The Balaban J connectivity index is 1.75. The first kappa shape index (κ1) is 20.5. The maximum absolute atomic E-state index is 12.6. The summed E-state index contributed by atoms with van der Waals surface area (Å²) in [5.74, 6) is -0.272. The van der Waals surface area contributed by atoms with Crippen molar-refractivity contribution in [1.82, 2.24) is 9.55 Å². The van der Waals surface area contributed by atoms with E-state index in [-0.39, 0.29) is 22.9 Å². The molecule has 0 aliphatic rings. The van der Waals surface area contributed by atoms with E-state index < -0.39 is 4.92 Å². The number of rotatable bonds is 5. The van der Waals surface area contributed by atoms with Gasteiger partial charge in [-0.1, -0.05) is 11.8 Å². The van der Waals surface area contributed by atoms with Gasteiger partial charge in [0.05, 0.1) is 21.7 Å². The highest BCUT2D eigenvalue weighted by Gasteiger charge is 2.16. The van der Waals surface area contributed by atoms with E-state index >= 15 is 0 Å². The van der Waals surface area contributed by atoms with E-state index in [4.69, 9.17) is 0 Å². The average molecular weight is 483 g/mol. The number of carbonyl (C=O) groups excluding carboxylic acids is 1. The number of nitro benzene ring substituents is 1. The van der Waals surface area contributed by atoms with Crippen LogP contribution < -0.4 is 10.9 Å². The van der Waals surface area contributed by atoms with Crippen LogP contribution in [0.4, 0.5) is 11.4 Å². The predicted molar refractivity (Wildman–Crippen MR) is 114 cm³/mol. The van der Waals surface area contributed by atoms with Crippen LogP contribution in [-0.4, -0.2) is 26.1 Å². The number of amides is 1. The minimum absolute atomic E-state index is 0.0402. The zero-order valence-electron chi connectivity index (χ0n) is 15.1. The Morgan fingerprint density at radius 1 is 1.43 bits per heavy atom. The lowest BCUT2D eigenvalue weighted by Gasteiger charge is -2.09. The van der Waals surface area contributed by atoms with Crippen molar-refractivity contribution in [2.24, 2.45) is 7.05 Å². The number of fused-ring (bicyclic) bond motifs is 1. The van der Waals surface area contributed by atoms with Crippen LogP contribution in [0.2, 0.25) is 0 Å². The Bertz CT molecular complexity index is 1170. The lowest BCUT2D eigenvalue weighted by Crippen LogP contribution is -2.21. The first-order chi connectivity index (χ1) is 13.2. The molecule has 0 aliphatic heterocycles.